The maximum absolute atomic E-state index is 13.7. The lowest BCUT2D eigenvalue weighted by Crippen LogP contribution is -2.55. The first-order chi connectivity index (χ1) is 18.3. The molecule has 3 aliphatic heterocycles. The Morgan fingerprint density at radius 1 is 1.11 bits per heavy atom. The Labute approximate surface area is 224 Å². The summed E-state index contributed by atoms with van der Waals surface area (Å²) in [6.45, 7) is 5.76. The summed E-state index contributed by atoms with van der Waals surface area (Å²) in [4.78, 5) is 57.5. The predicted molar refractivity (Wildman–Crippen MR) is 141 cm³/mol. The number of amides is 4. The quantitative estimate of drug-likeness (QED) is 0.601. The number of carbonyl (C=O) groups excluding carboxylic acids is 4. The van der Waals surface area contributed by atoms with Crippen LogP contribution in [0.15, 0.2) is 24.3 Å². The van der Waals surface area contributed by atoms with E-state index in [1.807, 2.05) is 13.8 Å². The number of ether oxygens (including phenoxy) is 2. The maximum Gasteiger partial charge on any atom is 0.255 e. The van der Waals surface area contributed by atoms with E-state index in [1.165, 1.54) is 0 Å². The highest BCUT2D eigenvalue weighted by atomic mass is 16.5. The summed E-state index contributed by atoms with van der Waals surface area (Å²) in [5.74, 6) is -0.829. The first-order valence-corrected chi connectivity index (χ1v) is 13.7. The van der Waals surface area contributed by atoms with Crippen molar-refractivity contribution in [1.82, 2.24) is 20.4 Å². The van der Waals surface area contributed by atoms with E-state index < -0.39 is 23.9 Å². The molecule has 0 saturated carbocycles. The van der Waals surface area contributed by atoms with Crippen LogP contribution in [0.2, 0.25) is 0 Å². The molecule has 0 unspecified atom stereocenters. The summed E-state index contributed by atoms with van der Waals surface area (Å²) in [6.07, 6.45) is 3.47. The Balaban J connectivity index is 1.66. The lowest BCUT2D eigenvalue weighted by atomic mass is 10.0. The standard InChI is InChI=1S/C28H40N4O6/c1-18(2)14-22-27(35)32-13-7-9-20(32)17-38-24-11-5-4-10-21(24)26(34)30-23(15-25(33)29-22)28(36)31-12-6-8-19(31)16-37-3/h4-5,10-11,18-20,22-23H,6-9,12-17H2,1-3H3,(H,29,33)(H,30,34)/t19-,20+,22-,23-/m0/s1. The minimum atomic E-state index is -1.09. The molecule has 0 aliphatic carbocycles. The van der Waals surface area contributed by atoms with E-state index in [1.54, 1.807) is 41.2 Å². The number of hydrogen-bond donors (Lipinski definition) is 2. The topological polar surface area (TPSA) is 117 Å². The van der Waals surface area contributed by atoms with Gasteiger partial charge in [-0.05, 0) is 50.2 Å². The Kier molecular flexibility index (Phi) is 9.25. The van der Waals surface area contributed by atoms with Crippen molar-refractivity contribution in [3.05, 3.63) is 29.8 Å². The van der Waals surface area contributed by atoms with Gasteiger partial charge in [-0.3, -0.25) is 19.2 Å². The molecule has 10 heteroatoms. The third kappa shape index (κ3) is 6.46. The molecule has 1 aromatic rings. The van der Waals surface area contributed by atoms with Crippen LogP contribution >= 0.6 is 0 Å². The molecule has 1 aromatic carbocycles. The first kappa shape index (κ1) is 27.9. The van der Waals surface area contributed by atoms with Crippen molar-refractivity contribution in [2.75, 3.05) is 33.4 Å². The molecule has 0 spiro atoms. The summed E-state index contributed by atoms with van der Waals surface area (Å²) in [6, 6.07) is 4.80. The number of fused-ring (bicyclic) bond motifs is 2. The van der Waals surface area contributed by atoms with Crippen LogP contribution in [0, 0.1) is 5.92 Å². The number of likely N-dealkylation sites (tertiary alicyclic amines) is 1. The van der Waals surface area contributed by atoms with Crippen molar-refractivity contribution in [1.29, 1.82) is 0 Å². The Morgan fingerprint density at radius 2 is 1.87 bits per heavy atom. The van der Waals surface area contributed by atoms with E-state index in [-0.39, 0.29) is 48.4 Å². The van der Waals surface area contributed by atoms with Gasteiger partial charge in [0.25, 0.3) is 5.91 Å². The van der Waals surface area contributed by atoms with Crippen LogP contribution in [0.5, 0.6) is 5.75 Å². The fraction of sp³-hybridized carbons (Fsp3) is 0.643. The number of rotatable bonds is 5. The molecule has 4 rings (SSSR count). The van der Waals surface area contributed by atoms with Gasteiger partial charge in [0.15, 0.2) is 0 Å². The van der Waals surface area contributed by atoms with Crippen LogP contribution in [0.1, 0.15) is 62.7 Å². The van der Waals surface area contributed by atoms with Crippen LogP contribution in [-0.4, -0.2) is 91.0 Å². The predicted octanol–water partition coefficient (Wildman–Crippen LogP) is 1.73. The van der Waals surface area contributed by atoms with Gasteiger partial charge in [-0.15, -0.1) is 0 Å². The van der Waals surface area contributed by atoms with Crippen LogP contribution in [0.25, 0.3) is 0 Å². The fourth-order valence-electron chi connectivity index (χ4n) is 5.72. The zero-order valence-electron chi connectivity index (χ0n) is 22.6. The summed E-state index contributed by atoms with van der Waals surface area (Å²) in [5.41, 5.74) is 0.284. The van der Waals surface area contributed by atoms with E-state index in [9.17, 15) is 19.2 Å². The third-order valence-electron chi connectivity index (χ3n) is 7.58. The molecular weight excluding hydrogens is 488 g/mol. The molecule has 4 amide bonds. The highest BCUT2D eigenvalue weighted by Gasteiger charge is 2.38. The zero-order valence-corrected chi connectivity index (χ0v) is 22.6. The van der Waals surface area contributed by atoms with Crippen molar-refractivity contribution in [2.24, 2.45) is 5.92 Å². The number of para-hydroxylation sites is 1. The second-order valence-electron chi connectivity index (χ2n) is 10.9. The first-order valence-electron chi connectivity index (χ1n) is 13.7. The molecule has 2 fully saturated rings. The number of benzene rings is 1. The van der Waals surface area contributed by atoms with Gasteiger partial charge < -0.3 is 29.9 Å². The van der Waals surface area contributed by atoms with E-state index >= 15 is 0 Å². The van der Waals surface area contributed by atoms with Crippen molar-refractivity contribution in [3.63, 3.8) is 0 Å². The maximum atomic E-state index is 13.7. The molecule has 4 atom stereocenters. The molecule has 208 valence electrons. The molecule has 0 bridgehead atoms. The Morgan fingerprint density at radius 3 is 2.63 bits per heavy atom. The molecule has 0 aromatic heterocycles. The van der Waals surface area contributed by atoms with E-state index in [2.05, 4.69) is 10.6 Å². The van der Waals surface area contributed by atoms with Crippen LogP contribution in [-0.2, 0) is 19.1 Å². The number of carbonyl (C=O) groups is 4. The number of methoxy groups -OCH3 is 1. The summed E-state index contributed by atoms with van der Waals surface area (Å²) in [7, 11) is 1.59. The van der Waals surface area contributed by atoms with Gasteiger partial charge >= 0.3 is 0 Å². The van der Waals surface area contributed by atoms with Gasteiger partial charge in [0.2, 0.25) is 17.7 Å². The van der Waals surface area contributed by atoms with Crippen LogP contribution in [0.4, 0.5) is 0 Å². The molecule has 2 saturated heterocycles. The largest absolute Gasteiger partial charge is 0.491 e. The lowest BCUT2D eigenvalue weighted by Gasteiger charge is -2.32. The molecule has 2 N–H and O–H groups in total. The van der Waals surface area contributed by atoms with Gasteiger partial charge in [0, 0.05) is 20.2 Å². The normalized spacial score (nSPS) is 26.8. The monoisotopic (exact) mass is 528 g/mol. The number of hydrogen-bond acceptors (Lipinski definition) is 6. The van der Waals surface area contributed by atoms with Gasteiger partial charge in [0.05, 0.1) is 30.7 Å². The van der Waals surface area contributed by atoms with Gasteiger partial charge in [-0.2, -0.15) is 0 Å². The van der Waals surface area contributed by atoms with E-state index in [0.717, 1.165) is 25.7 Å². The smallest absolute Gasteiger partial charge is 0.255 e. The fourth-order valence-corrected chi connectivity index (χ4v) is 5.72. The number of nitrogens with one attached hydrogen (secondary N) is 2. The van der Waals surface area contributed by atoms with Gasteiger partial charge in [-0.1, -0.05) is 26.0 Å². The van der Waals surface area contributed by atoms with E-state index in [0.29, 0.717) is 31.9 Å². The average Bonchev–Trinajstić information content (AvgIpc) is 3.55. The van der Waals surface area contributed by atoms with Crippen molar-refractivity contribution in [3.8, 4) is 5.75 Å². The highest BCUT2D eigenvalue weighted by Crippen LogP contribution is 2.25. The van der Waals surface area contributed by atoms with Crippen LogP contribution in [0.3, 0.4) is 0 Å². The Hall–Kier alpha value is -3.14. The summed E-state index contributed by atoms with van der Waals surface area (Å²) < 4.78 is 11.4. The second-order valence-corrected chi connectivity index (χ2v) is 10.9. The second kappa shape index (κ2) is 12.6. The minimum Gasteiger partial charge on any atom is -0.491 e. The van der Waals surface area contributed by atoms with Crippen molar-refractivity contribution >= 4 is 23.6 Å². The SMILES string of the molecule is COC[C@@H]1CCCN1C(=O)[C@@H]1CC(=O)N[C@@H](CC(C)C)C(=O)N2CCC[C@@H]2COc2ccccc2C(=O)N1. The molecule has 3 aliphatic rings. The van der Waals surface area contributed by atoms with Crippen molar-refractivity contribution < 1.29 is 28.7 Å². The molecule has 3 heterocycles. The Bertz CT molecular complexity index is 1030. The van der Waals surface area contributed by atoms with Gasteiger partial charge in [-0.25, -0.2) is 0 Å². The minimum absolute atomic E-state index is 0.112. The molecule has 0 radical (unpaired) electrons. The van der Waals surface area contributed by atoms with Crippen molar-refractivity contribution in [2.45, 2.75) is 76.5 Å². The van der Waals surface area contributed by atoms with Gasteiger partial charge in [0.1, 0.15) is 24.4 Å². The lowest BCUT2D eigenvalue weighted by molar-refractivity contribution is -0.139. The average molecular weight is 529 g/mol. The van der Waals surface area contributed by atoms with Crippen LogP contribution < -0.4 is 15.4 Å². The third-order valence-corrected chi connectivity index (χ3v) is 7.58. The molecule has 38 heavy (non-hydrogen) atoms. The zero-order chi connectivity index (χ0) is 27.2. The summed E-state index contributed by atoms with van der Waals surface area (Å²) >= 11 is 0. The summed E-state index contributed by atoms with van der Waals surface area (Å²) in [5, 5.41) is 5.70. The number of nitrogens with zero attached hydrogens (tertiary/aromatic N) is 2. The van der Waals surface area contributed by atoms with E-state index in [4.69, 9.17) is 9.47 Å². The molecule has 10 nitrogen and oxygen atoms in total. The molecular formula is C28H40N4O6. The highest BCUT2D eigenvalue weighted by molar-refractivity contribution is 6.01.